The minimum absolute atomic E-state index is 0.0102. The first-order valence-corrected chi connectivity index (χ1v) is 13.1. The number of nitrogens with zero attached hydrogens (tertiary/aromatic N) is 2. The van der Waals surface area contributed by atoms with Crippen molar-refractivity contribution >= 4 is 62.0 Å². The van der Waals surface area contributed by atoms with E-state index in [-0.39, 0.29) is 38.3 Å². The lowest BCUT2D eigenvalue weighted by atomic mass is 9.93. The van der Waals surface area contributed by atoms with Gasteiger partial charge in [-0.25, -0.2) is 27.2 Å². The molecule has 2 heterocycles. The number of sulfonamides is 1. The SMILES string of the molecule is CCNc1nccc(C2=C(c3cc(Cl)cc(NS(=O)(=O)c4cc(F)ccc4F)c3Cl)C(=O)C(C)(C)O2)n1. The zero-order valence-corrected chi connectivity index (χ0v) is 22.0. The second-order valence-electron chi connectivity index (χ2n) is 8.44. The maximum atomic E-state index is 14.2. The second-order valence-corrected chi connectivity index (χ2v) is 10.9. The number of Topliss-reactive ketones (excluding diaryl/α,β-unsaturated/α-hetero) is 1. The van der Waals surface area contributed by atoms with Crippen LogP contribution in [0, 0.1) is 11.6 Å². The molecule has 13 heteroatoms. The molecule has 0 bridgehead atoms. The maximum Gasteiger partial charge on any atom is 0.264 e. The fraction of sp³-hybridized carbons (Fsp3) is 0.208. The molecule has 0 saturated carbocycles. The summed E-state index contributed by atoms with van der Waals surface area (Å²) in [5, 5.41) is 2.77. The van der Waals surface area contributed by atoms with Gasteiger partial charge in [0.15, 0.2) is 11.4 Å². The summed E-state index contributed by atoms with van der Waals surface area (Å²) < 4.78 is 61.7. The van der Waals surface area contributed by atoms with E-state index >= 15 is 0 Å². The van der Waals surface area contributed by atoms with Gasteiger partial charge >= 0.3 is 0 Å². The van der Waals surface area contributed by atoms with E-state index in [1.165, 1.54) is 18.3 Å². The highest BCUT2D eigenvalue weighted by atomic mass is 35.5. The van der Waals surface area contributed by atoms with E-state index in [2.05, 4.69) is 20.0 Å². The summed E-state index contributed by atoms with van der Waals surface area (Å²) in [4.78, 5) is 21.0. The zero-order valence-electron chi connectivity index (χ0n) is 19.7. The van der Waals surface area contributed by atoms with E-state index in [1.54, 1.807) is 19.9 Å². The fourth-order valence-electron chi connectivity index (χ4n) is 3.64. The van der Waals surface area contributed by atoms with Crippen LogP contribution in [-0.4, -0.2) is 36.3 Å². The smallest absolute Gasteiger partial charge is 0.264 e. The first-order valence-electron chi connectivity index (χ1n) is 10.9. The summed E-state index contributed by atoms with van der Waals surface area (Å²) >= 11 is 12.9. The van der Waals surface area contributed by atoms with Crippen LogP contribution >= 0.6 is 23.2 Å². The quantitative estimate of drug-likeness (QED) is 0.385. The van der Waals surface area contributed by atoms with Gasteiger partial charge in [-0.15, -0.1) is 0 Å². The molecule has 1 aromatic heterocycles. The lowest BCUT2D eigenvalue weighted by Gasteiger charge is -2.17. The Labute approximate surface area is 221 Å². The number of anilines is 2. The molecule has 194 valence electrons. The maximum absolute atomic E-state index is 14.2. The van der Waals surface area contributed by atoms with Crippen LogP contribution in [0.2, 0.25) is 10.0 Å². The predicted octanol–water partition coefficient (Wildman–Crippen LogP) is 5.54. The van der Waals surface area contributed by atoms with E-state index in [1.807, 2.05) is 6.92 Å². The van der Waals surface area contributed by atoms with Crippen molar-refractivity contribution in [3.63, 3.8) is 0 Å². The average molecular weight is 569 g/mol. The molecule has 0 saturated heterocycles. The number of hydrogen-bond donors (Lipinski definition) is 2. The fourth-order valence-corrected chi connectivity index (χ4v) is 5.32. The van der Waals surface area contributed by atoms with Gasteiger partial charge in [0.05, 0.1) is 16.3 Å². The van der Waals surface area contributed by atoms with Gasteiger partial charge < -0.3 is 10.1 Å². The van der Waals surface area contributed by atoms with Crippen molar-refractivity contribution in [2.45, 2.75) is 31.3 Å². The van der Waals surface area contributed by atoms with Crippen molar-refractivity contribution in [1.82, 2.24) is 9.97 Å². The van der Waals surface area contributed by atoms with Gasteiger partial charge in [0.1, 0.15) is 22.2 Å². The molecule has 3 aromatic rings. The molecule has 1 aliphatic rings. The molecule has 0 atom stereocenters. The molecule has 4 rings (SSSR count). The normalized spacial score (nSPS) is 15.1. The van der Waals surface area contributed by atoms with Crippen LogP contribution in [0.15, 0.2) is 47.5 Å². The number of aromatic nitrogens is 2. The number of hydrogen-bond acceptors (Lipinski definition) is 7. The van der Waals surface area contributed by atoms with Crippen LogP contribution in [0.5, 0.6) is 0 Å². The van der Waals surface area contributed by atoms with Gasteiger partial charge in [0.2, 0.25) is 11.7 Å². The molecule has 2 aromatic carbocycles. The third-order valence-electron chi connectivity index (χ3n) is 5.32. The molecule has 0 amide bonds. The third kappa shape index (κ3) is 5.25. The van der Waals surface area contributed by atoms with Gasteiger partial charge in [-0.3, -0.25) is 9.52 Å². The standard InChI is InChI=1S/C24H20Cl2F2N4O4S/c1-4-29-23-30-8-7-16(31-23)21-19(22(33)24(2,3)36-21)14-9-12(25)10-17(20(14)26)32-37(34,35)18-11-13(27)5-6-15(18)28/h5-11,32H,4H2,1-3H3,(H,29,30,31). The summed E-state index contributed by atoms with van der Waals surface area (Å²) in [5.41, 5.74) is -1.21. The van der Waals surface area contributed by atoms with Crippen molar-refractivity contribution in [1.29, 1.82) is 0 Å². The number of ketones is 1. The molecule has 0 aliphatic carbocycles. The number of halogens is 4. The largest absolute Gasteiger partial charge is 0.477 e. The van der Waals surface area contributed by atoms with Gasteiger partial charge in [0, 0.05) is 23.3 Å². The Balaban J connectivity index is 1.87. The first kappa shape index (κ1) is 26.8. The Kier molecular flexibility index (Phi) is 7.15. The van der Waals surface area contributed by atoms with Crippen molar-refractivity contribution < 1.29 is 26.7 Å². The minimum Gasteiger partial charge on any atom is -0.477 e. The van der Waals surface area contributed by atoms with Crippen LogP contribution < -0.4 is 10.0 Å². The topological polar surface area (TPSA) is 110 Å². The van der Waals surface area contributed by atoms with Crippen molar-refractivity contribution in [2.24, 2.45) is 0 Å². The summed E-state index contributed by atoms with van der Waals surface area (Å²) in [6, 6.07) is 6.10. The van der Waals surface area contributed by atoms with Crippen LogP contribution in [0.3, 0.4) is 0 Å². The molecule has 0 radical (unpaired) electrons. The van der Waals surface area contributed by atoms with Gasteiger partial charge in [-0.2, -0.15) is 0 Å². The Morgan fingerprint density at radius 3 is 2.54 bits per heavy atom. The second kappa shape index (κ2) is 9.88. The molecule has 0 spiro atoms. The highest BCUT2D eigenvalue weighted by molar-refractivity contribution is 7.92. The lowest BCUT2D eigenvalue weighted by molar-refractivity contribution is -0.125. The van der Waals surface area contributed by atoms with Crippen molar-refractivity contribution in [3.8, 4) is 0 Å². The average Bonchev–Trinajstić information content (AvgIpc) is 3.06. The van der Waals surface area contributed by atoms with Crippen LogP contribution in [0.1, 0.15) is 32.0 Å². The van der Waals surface area contributed by atoms with Crippen LogP contribution in [0.4, 0.5) is 20.4 Å². The van der Waals surface area contributed by atoms with Crippen LogP contribution in [0.25, 0.3) is 11.3 Å². The van der Waals surface area contributed by atoms with E-state index < -0.39 is 37.9 Å². The number of nitrogens with one attached hydrogen (secondary N) is 2. The number of ether oxygens (including phenoxy) is 1. The molecule has 0 unspecified atom stereocenters. The Hall–Kier alpha value is -3.28. The van der Waals surface area contributed by atoms with Gasteiger partial charge in [-0.1, -0.05) is 23.2 Å². The number of benzene rings is 2. The highest BCUT2D eigenvalue weighted by Crippen LogP contribution is 2.45. The summed E-state index contributed by atoms with van der Waals surface area (Å²) in [6.07, 6.45) is 1.48. The Bertz CT molecular complexity index is 1560. The Morgan fingerprint density at radius 2 is 1.84 bits per heavy atom. The third-order valence-corrected chi connectivity index (χ3v) is 7.32. The van der Waals surface area contributed by atoms with E-state index in [9.17, 15) is 22.0 Å². The van der Waals surface area contributed by atoms with E-state index in [4.69, 9.17) is 27.9 Å². The van der Waals surface area contributed by atoms with Crippen molar-refractivity contribution in [2.75, 3.05) is 16.6 Å². The summed E-state index contributed by atoms with van der Waals surface area (Å²) in [7, 11) is -4.63. The first-order chi connectivity index (χ1) is 17.3. The summed E-state index contributed by atoms with van der Waals surface area (Å²) in [5.74, 6) is -2.19. The zero-order chi connectivity index (χ0) is 27.1. The minimum atomic E-state index is -4.63. The molecule has 1 aliphatic heterocycles. The van der Waals surface area contributed by atoms with Crippen molar-refractivity contribution in [3.05, 3.63) is 75.5 Å². The summed E-state index contributed by atoms with van der Waals surface area (Å²) in [6.45, 7) is 5.53. The van der Waals surface area contributed by atoms with Gasteiger partial charge in [-0.05, 0) is 57.2 Å². The molecule has 2 N–H and O–H groups in total. The number of carbonyl (C=O) groups excluding carboxylic acids is 1. The molecule has 0 fully saturated rings. The highest BCUT2D eigenvalue weighted by Gasteiger charge is 2.44. The van der Waals surface area contributed by atoms with E-state index in [0.29, 0.717) is 24.6 Å². The molecule has 37 heavy (non-hydrogen) atoms. The molecular weight excluding hydrogens is 549 g/mol. The van der Waals surface area contributed by atoms with Gasteiger partial charge in [0.25, 0.3) is 10.0 Å². The molecule has 8 nitrogen and oxygen atoms in total. The number of carbonyl (C=O) groups is 1. The Morgan fingerprint density at radius 1 is 1.11 bits per heavy atom. The van der Waals surface area contributed by atoms with Crippen LogP contribution in [-0.2, 0) is 19.6 Å². The lowest BCUT2D eigenvalue weighted by Crippen LogP contribution is -2.29. The monoisotopic (exact) mass is 568 g/mol. The number of rotatable bonds is 7. The molecular formula is C24H20Cl2F2N4O4S. The predicted molar refractivity (Wildman–Crippen MR) is 137 cm³/mol. The van der Waals surface area contributed by atoms with E-state index in [0.717, 1.165) is 6.07 Å².